The van der Waals surface area contributed by atoms with Crippen molar-refractivity contribution in [3.05, 3.63) is 47.5 Å². The Balaban J connectivity index is 2.14. The predicted octanol–water partition coefficient (Wildman–Crippen LogP) is 4.16. The van der Waals surface area contributed by atoms with Crippen LogP contribution in [0.1, 0.15) is 38.1 Å². The number of benzene rings is 1. The maximum absolute atomic E-state index is 13.0. The molecule has 0 amide bonds. The van der Waals surface area contributed by atoms with Gasteiger partial charge in [-0.1, -0.05) is 26.0 Å². The zero-order chi connectivity index (χ0) is 14.7. The number of imidazole rings is 1. The molecule has 1 aromatic carbocycles. The first-order valence-corrected chi connectivity index (χ1v) is 7.01. The summed E-state index contributed by atoms with van der Waals surface area (Å²) in [6.07, 6.45) is 2.06. The number of anilines is 1. The van der Waals surface area contributed by atoms with Crippen LogP contribution < -0.4 is 5.32 Å². The minimum Gasteiger partial charge on any atom is -0.349 e. The van der Waals surface area contributed by atoms with Crippen molar-refractivity contribution in [2.24, 2.45) is 5.92 Å². The highest BCUT2D eigenvalue weighted by Gasteiger charge is 2.11. The number of rotatable bonds is 5. The van der Waals surface area contributed by atoms with E-state index in [1.54, 1.807) is 12.1 Å². The number of hydrogen-bond acceptors (Lipinski definition) is 2. The van der Waals surface area contributed by atoms with E-state index in [0.717, 1.165) is 23.8 Å². The van der Waals surface area contributed by atoms with Gasteiger partial charge in [0.05, 0.1) is 11.7 Å². The van der Waals surface area contributed by atoms with Crippen LogP contribution in [0.15, 0.2) is 30.5 Å². The van der Waals surface area contributed by atoms with Crippen molar-refractivity contribution in [2.75, 3.05) is 5.32 Å². The third-order valence-corrected chi connectivity index (χ3v) is 3.17. The van der Waals surface area contributed by atoms with Crippen molar-refractivity contribution in [1.82, 2.24) is 9.55 Å². The largest absolute Gasteiger partial charge is 0.349 e. The summed E-state index contributed by atoms with van der Waals surface area (Å²) in [4.78, 5) is 4.52. The molecule has 0 fully saturated rings. The third kappa shape index (κ3) is 3.59. The quantitative estimate of drug-likeness (QED) is 0.888. The summed E-state index contributed by atoms with van der Waals surface area (Å²) in [5.74, 6) is 1.22. The second kappa shape index (κ2) is 6.07. The van der Waals surface area contributed by atoms with Gasteiger partial charge in [-0.05, 0) is 37.5 Å². The van der Waals surface area contributed by atoms with E-state index in [1.165, 1.54) is 12.1 Å². The molecule has 20 heavy (non-hydrogen) atoms. The second-order valence-corrected chi connectivity index (χ2v) is 5.67. The lowest BCUT2D eigenvalue weighted by molar-refractivity contribution is 0.524. The second-order valence-electron chi connectivity index (χ2n) is 5.67. The van der Waals surface area contributed by atoms with Gasteiger partial charge in [-0.25, -0.2) is 9.37 Å². The molecular weight excluding hydrogens is 253 g/mol. The van der Waals surface area contributed by atoms with Crippen molar-refractivity contribution >= 4 is 5.95 Å². The molecule has 0 aliphatic carbocycles. The molecule has 3 nitrogen and oxygen atoms in total. The molecule has 0 aliphatic rings. The predicted molar refractivity (Wildman–Crippen MR) is 80.2 cm³/mol. The van der Waals surface area contributed by atoms with Crippen LogP contribution in [0.4, 0.5) is 10.3 Å². The lowest BCUT2D eigenvalue weighted by Crippen LogP contribution is -2.13. The highest BCUT2D eigenvalue weighted by molar-refractivity contribution is 5.34. The molecule has 1 heterocycles. The molecule has 1 atom stereocenters. The summed E-state index contributed by atoms with van der Waals surface area (Å²) in [6.45, 7) is 9.34. The van der Waals surface area contributed by atoms with Crippen LogP contribution in [0.25, 0.3) is 0 Å². The van der Waals surface area contributed by atoms with Gasteiger partial charge in [-0.15, -0.1) is 0 Å². The highest BCUT2D eigenvalue weighted by atomic mass is 19.1. The number of halogens is 1. The molecule has 0 radical (unpaired) electrons. The zero-order valence-electron chi connectivity index (χ0n) is 12.5. The number of aromatic nitrogens is 2. The first-order chi connectivity index (χ1) is 9.45. The summed E-state index contributed by atoms with van der Waals surface area (Å²) in [7, 11) is 0. The minimum absolute atomic E-state index is 0.0864. The fraction of sp³-hybridized carbons (Fsp3) is 0.438. The Morgan fingerprint density at radius 2 is 1.85 bits per heavy atom. The van der Waals surface area contributed by atoms with E-state index in [1.807, 2.05) is 6.92 Å². The molecule has 0 bridgehead atoms. The molecule has 0 saturated heterocycles. The van der Waals surface area contributed by atoms with E-state index >= 15 is 0 Å². The van der Waals surface area contributed by atoms with E-state index in [9.17, 15) is 4.39 Å². The molecule has 1 unspecified atom stereocenters. The van der Waals surface area contributed by atoms with Crippen LogP contribution in [0.2, 0.25) is 0 Å². The van der Waals surface area contributed by atoms with Crippen LogP contribution in [0, 0.1) is 18.7 Å². The van der Waals surface area contributed by atoms with Gasteiger partial charge in [0.25, 0.3) is 0 Å². The Morgan fingerprint density at radius 3 is 2.45 bits per heavy atom. The summed E-state index contributed by atoms with van der Waals surface area (Å²) in [6, 6.07) is 6.66. The Kier molecular flexibility index (Phi) is 4.42. The van der Waals surface area contributed by atoms with Crippen molar-refractivity contribution < 1.29 is 4.39 Å². The lowest BCUT2D eigenvalue weighted by Gasteiger charge is -2.17. The van der Waals surface area contributed by atoms with Gasteiger partial charge in [0.1, 0.15) is 5.82 Å². The number of nitrogens with zero attached hydrogens (tertiary/aromatic N) is 2. The molecule has 4 heteroatoms. The smallest absolute Gasteiger partial charge is 0.203 e. The molecule has 2 aromatic rings. The van der Waals surface area contributed by atoms with Gasteiger partial charge >= 0.3 is 0 Å². The van der Waals surface area contributed by atoms with E-state index in [-0.39, 0.29) is 11.9 Å². The van der Waals surface area contributed by atoms with E-state index in [4.69, 9.17) is 0 Å². The van der Waals surface area contributed by atoms with E-state index in [2.05, 4.69) is 41.8 Å². The Hall–Kier alpha value is -1.84. The first-order valence-electron chi connectivity index (χ1n) is 7.01. The van der Waals surface area contributed by atoms with Crippen LogP contribution in [0.5, 0.6) is 0 Å². The summed E-state index contributed by atoms with van der Waals surface area (Å²) >= 11 is 0. The van der Waals surface area contributed by atoms with Gasteiger partial charge in [-0.2, -0.15) is 0 Å². The first kappa shape index (κ1) is 14.6. The lowest BCUT2D eigenvalue weighted by atomic mass is 10.1. The molecule has 108 valence electrons. The zero-order valence-corrected chi connectivity index (χ0v) is 12.5. The number of nitrogens with one attached hydrogen (secondary N) is 1. The summed E-state index contributed by atoms with van der Waals surface area (Å²) in [5.41, 5.74) is 2.04. The van der Waals surface area contributed by atoms with Gasteiger partial charge in [0.2, 0.25) is 5.95 Å². The van der Waals surface area contributed by atoms with Gasteiger partial charge < -0.3 is 9.88 Å². The summed E-state index contributed by atoms with van der Waals surface area (Å²) in [5, 5.41) is 3.40. The maximum atomic E-state index is 13.0. The molecule has 0 aliphatic heterocycles. The van der Waals surface area contributed by atoms with Gasteiger partial charge in [0.15, 0.2) is 0 Å². The van der Waals surface area contributed by atoms with Gasteiger partial charge in [0, 0.05) is 12.7 Å². The summed E-state index contributed by atoms with van der Waals surface area (Å²) < 4.78 is 15.1. The van der Waals surface area contributed by atoms with Crippen molar-refractivity contribution in [1.29, 1.82) is 0 Å². The third-order valence-electron chi connectivity index (χ3n) is 3.17. The Bertz CT molecular complexity index is 558. The monoisotopic (exact) mass is 275 g/mol. The van der Waals surface area contributed by atoms with Crippen LogP contribution >= 0.6 is 0 Å². The van der Waals surface area contributed by atoms with Crippen LogP contribution in [-0.2, 0) is 6.54 Å². The average molecular weight is 275 g/mol. The topological polar surface area (TPSA) is 29.9 Å². The normalized spacial score (nSPS) is 12.7. The highest BCUT2D eigenvalue weighted by Crippen LogP contribution is 2.20. The minimum atomic E-state index is -0.210. The average Bonchev–Trinajstić information content (AvgIpc) is 2.69. The number of aryl methyl sites for hydroxylation is 1. The fourth-order valence-electron chi connectivity index (χ4n) is 2.22. The van der Waals surface area contributed by atoms with E-state index in [0.29, 0.717) is 5.92 Å². The van der Waals surface area contributed by atoms with Gasteiger partial charge in [-0.3, -0.25) is 0 Å². The van der Waals surface area contributed by atoms with E-state index < -0.39 is 0 Å². The van der Waals surface area contributed by atoms with Crippen molar-refractivity contribution in [3.8, 4) is 0 Å². The molecule has 1 aromatic heterocycles. The number of hydrogen-bond donors (Lipinski definition) is 1. The Morgan fingerprint density at radius 1 is 1.20 bits per heavy atom. The SMILES string of the molecule is Cc1cn(CC(C)C)c(NC(C)c2ccc(F)cc2)n1. The van der Waals surface area contributed by atoms with Crippen molar-refractivity contribution in [3.63, 3.8) is 0 Å². The Labute approximate surface area is 119 Å². The standard InChI is InChI=1S/C16H22FN3/c1-11(2)9-20-10-12(3)18-16(20)19-13(4)14-5-7-15(17)8-6-14/h5-8,10-11,13H,9H2,1-4H3,(H,18,19). The molecular formula is C16H22FN3. The maximum Gasteiger partial charge on any atom is 0.203 e. The molecule has 2 rings (SSSR count). The molecule has 0 saturated carbocycles. The van der Waals surface area contributed by atoms with Crippen molar-refractivity contribution in [2.45, 2.75) is 40.3 Å². The fourth-order valence-corrected chi connectivity index (χ4v) is 2.22. The molecule has 0 spiro atoms. The van der Waals surface area contributed by atoms with Crippen LogP contribution in [-0.4, -0.2) is 9.55 Å². The molecule has 1 N–H and O–H groups in total. The van der Waals surface area contributed by atoms with Crippen LogP contribution in [0.3, 0.4) is 0 Å².